The zero-order valence-electron chi connectivity index (χ0n) is 10.9. The Morgan fingerprint density at radius 3 is 2.53 bits per heavy atom. The van der Waals surface area contributed by atoms with Gasteiger partial charge in [-0.2, -0.15) is 0 Å². The van der Waals surface area contributed by atoms with Gasteiger partial charge in [-0.3, -0.25) is 0 Å². The maximum atomic E-state index is 6.45. The predicted octanol–water partition coefficient (Wildman–Crippen LogP) is 3.32. The Balaban J connectivity index is 2.49. The molecule has 0 heterocycles. The fraction of sp³-hybridized carbons (Fsp3) is 0.571. The van der Waals surface area contributed by atoms with Crippen molar-refractivity contribution in [3.8, 4) is 5.75 Å². The molecule has 0 saturated heterocycles. The van der Waals surface area contributed by atoms with Gasteiger partial charge in [0.2, 0.25) is 0 Å². The van der Waals surface area contributed by atoms with E-state index in [0.717, 1.165) is 25.0 Å². The number of hydrogen-bond acceptors (Lipinski definition) is 3. The molecule has 17 heavy (non-hydrogen) atoms. The zero-order valence-corrected chi connectivity index (χ0v) is 11.7. The third-order valence-corrected chi connectivity index (χ3v) is 4.54. The lowest BCUT2D eigenvalue weighted by Gasteiger charge is -2.40. The van der Waals surface area contributed by atoms with Crippen molar-refractivity contribution in [3.63, 3.8) is 0 Å². The van der Waals surface area contributed by atoms with Crippen molar-refractivity contribution < 1.29 is 4.74 Å². The first-order valence-corrected chi connectivity index (χ1v) is 7.41. The van der Waals surface area contributed by atoms with Crippen LogP contribution in [-0.4, -0.2) is 13.4 Å². The largest absolute Gasteiger partial charge is 0.496 e. The molecule has 2 rings (SSSR count). The molecule has 0 aliphatic heterocycles. The molecule has 94 valence electrons. The van der Waals surface area contributed by atoms with Crippen LogP contribution in [0.15, 0.2) is 17.0 Å². The average molecular weight is 251 g/mol. The van der Waals surface area contributed by atoms with Gasteiger partial charge in [0, 0.05) is 10.4 Å². The number of hydrogen-bond donors (Lipinski definition) is 1. The number of methoxy groups -OCH3 is 1. The van der Waals surface area contributed by atoms with E-state index in [0.29, 0.717) is 0 Å². The van der Waals surface area contributed by atoms with E-state index in [1.165, 1.54) is 22.4 Å². The molecule has 1 aromatic rings. The molecule has 0 aromatic heterocycles. The van der Waals surface area contributed by atoms with Crippen molar-refractivity contribution in [3.05, 3.63) is 23.3 Å². The zero-order chi connectivity index (χ0) is 12.5. The van der Waals surface area contributed by atoms with Crippen LogP contribution < -0.4 is 10.5 Å². The van der Waals surface area contributed by atoms with E-state index in [4.69, 9.17) is 10.5 Å². The minimum Gasteiger partial charge on any atom is -0.496 e. The van der Waals surface area contributed by atoms with Crippen LogP contribution in [0.25, 0.3) is 0 Å². The van der Waals surface area contributed by atoms with Crippen molar-refractivity contribution >= 4 is 11.8 Å². The van der Waals surface area contributed by atoms with Crippen LogP contribution >= 0.6 is 11.8 Å². The normalized spacial score (nSPS) is 17.6. The number of benzene rings is 1. The minimum absolute atomic E-state index is 0.113. The highest BCUT2D eigenvalue weighted by molar-refractivity contribution is 7.98. The second-order valence-electron chi connectivity index (χ2n) is 4.73. The SMILES string of the molecule is CCc1cc(SC)c(C2(N)CCC2)cc1OC. The fourth-order valence-corrected chi connectivity index (χ4v) is 3.20. The first kappa shape index (κ1) is 12.8. The lowest BCUT2D eigenvalue weighted by molar-refractivity contribution is 0.248. The third-order valence-electron chi connectivity index (χ3n) is 3.77. The maximum Gasteiger partial charge on any atom is 0.122 e. The highest BCUT2D eigenvalue weighted by Gasteiger charge is 2.36. The van der Waals surface area contributed by atoms with E-state index in [1.807, 2.05) is 0 Å². The Labute approximate surface area is 108 Å². The van der Waals surface area contributed by atoms with Crippen LogP contribution in [0.5, 0.6) is 5.75 Å². The van der Waals surface area contributed by atoms with E-state index in [9.17, 15) is 0 Å². The van der Waals surface area contributed by atoms with Gasteiger partial charge in [0.1, 0.15) is 5.75 Å². The summed E-state index contributed by atoms with van der Waals surface area (Å²) in [6, 6.07) is 4.40. The molecule has 1 aliphatic rings. The highest BCUT2D eigenvalue weighted by Crippen LogP contribution is 2.44. The fourth-order valence-electron chi connectivity index (χ4n) is 2.45. The van der Waals surface area contributed by atoms with Crippen molar-refractivity contribution in [2.24, 2.45) is 5.73 Å². The molecule has 1 saturated carbocycles. The smallest absolute Gasteiger partial charge is 0.122 e. The summed E-state index contributed by atoms with van der Waals surface area (Å²) >= 11 is 1.78. The minimum atomic E-state index is -0.113. The molecule has 0 bridgehead atoms. The van der Waals surface area contributed by atoms with Crippen molar-refractivity contribution in [1.82, 2.24) is 0 Å². The predicted molar refractivity (Wildman–Crippen MR) is 73.9 cm³/mol. The molecule has 2 N–H and O–H groups in total. The van der Waals surface area contributed by atoms with Gasteiger partial charge < -0.3 is 10.5 Å². The molecule has 0 atom stereocenters. The Kier molecular flexibility index (Phi) is 3.69. The van der Waals surface area contributed by atoms with Crippen molar-refractivity contribution in [2.75, 3.05) is 13.4 Å². The highest BCUT2D eigenvalue weighted by atomic mass is 32.2. The quantitative estimate of drug-likeness (QED) is 0.834. The molecule has 1 fully saturated rings. The number of thioether (sulfide) groups is 1. The lowest BCUT2D eigenvalue weighted by atomic mass is 9.72. The molecule has 1 aromatic carbocycles. The summed E-state index contributed by atoms with van der Waals surface area (Å²) in [5.74, 6) is 0.983. The molecule has 1 aliphatic carbocycles. The standard InChI is InChI=1S/C14H21NOS/c1-4-10-8-13(17-3)11(9-12(10)16-2)14(15)6-5-7-14/h8-9H,4-7,15H2,1-3H3. The van der Waals surface area contributed by atoms with E-state index in [-0.39, 0.29) is 5.54 Å². The van der Waals surface area contributed by atoms with Gasteiger partial charge in [0.25, 0.3) is 0 Å². The van der Waals surface area contributed by atoms with Crippen LogP contribution in [-0.2, 0) is 12.0 Å². The van der Waals surface area contributed by atoms with Crippen LogP contribution in [0, 0.1) is 0 Å². The monoisotopic (exact) mass is 251 g/mol. The maximum absolute atomic E-state index is 6.45. The molecule has 0 unspecified atom stereocenters. The molecule has 0 spiro atoms. The number of ether oxygens (including phenoxy) is 1. The number of aryl methyl sites for hydroxylation is 1. The Hall–Kier alpha value is -0.670. The first-order valence-electron chi connectivity index (χ1n) is 6.19. The summed E-state index contributed by atoms with van der Waals surface area (Å²) in [5.41, 5.74) is 8.87. The summed E-state index contributed by atoms with van der Waals surface area (Å²) in [6.45, 7) is 2.16. The second kappa shape index (κ2) is 4.91. The van der Waals surface area contributed by atoms with Gasteiger partial charge in [0.15, 0.2) is 0 Å². The van der Waals surface area contributed by atoms with Gasteiger partial charge in [-0.1, -0.05) is 6.92 Å². The number of nitrogens with two attached hydrogens (primary N) is 1. The molecular formula is C14H21NOS. The van der Waals surface area contributed by atoms with Gasteiger partial charge in [-0.25, -0.2) is 0 Å². The Bertz CT molecular complexity index is 413. The van der Waals surface area contributed by atoms with Gasteiger partial charge >= 0.3 is 0 Å². The summed E-state index contributed by atoms with van der Waals surface area (Å²) in [4.78, 5) is 1.31. The van der Waals surface area contributed by atoms with Crippen LogP contribution in [0.2, 0.25) is 0 Å². The summed E-state index contributed by atoms with van der Waals surface area (Å²) in [7, 11) is 1.74. The van der Waals surface area contributed by atoms with E-state index in [1.54, 1.807) is 18.9 Å². The Morgan fingerprint density at radius 1 is 1.41 bits per heavy atom. The molecule has 0 amide bonds. The van der Waals surface area contributed by atoms with Crippen LogP contribution in [0.1, 0.15) is 37.3 Å². The average Bonchev–Trinajstić information content (AvgIpc) is 2.34. The number of rotatable bonds is 4. The first-order chi connectivity index (χ1) is 8.14. The van der Waals surface area contributed by atoms with Gasteiger partial charge in [-0.15, -0.1) is 11.8 Å². The summed E-state index contributed by atoms with van der Waals surface area (Å²) in [5, 5.41) is 0. The van der Waals surface area contributed by atoms with Crippen LogP contribution in [0.3, 0.4) is 0 Å². The molecular weight excluding hydrogens is 230 g/mol. The lowest BCUT2D eigenvalue weighted by Crippen LogP contribution is -2.43. The van der Waals surface area contributed by atoms with Gasteiger partial charge in [0.05, 0.1) is 7.11 Å². The molecule has 3 heteroatoms. The van der Waals surface area contributed by atoms with E-state index < -0.39 is 0 Å². The Morgan fingerprint density at radius 2 is 2.12 bits per heavy atom. The van der Waals surface area contributed by atoms with E-state index in [2.05, 4.69) is 25.3 Å². The van der Waals surface area contributed by atoms with Crippen LogP contribution in [0.4, 0.5) is 0 Å². The summed E-state index contributed by atoms with van der Waals surface area (Å²) < 4.78 is 5.48. The van der Waals surface area contributed by atoms with Gasteiger partial charge in [-0.05, 0) is 55.2 Å². The molecule has 2 nitrogen and oxygen atoms in total. The topological polar surface area (TPSA) is 35.2 Å². The second-order valence-corrected chi connectivity index (χ2v) is 5.58. The third kappa shape index (κ3) is 2.18. The van der Waals surface area contributed by atoms with Crippen molar-refractivity contribution in [2.45, 2.75) is 43.0 Å². The molecule has 0 radical (unpaired) electrons. The van der Waals surface area contributed by atoms with Crippen molar-refractivity contribution in [1.29, 1.82) is 0 Å². The summed E-state index contributed by atoms with van der Waals surface area (Å²) in [6.07, 6.45) is 6.54. The van der Waals surface area contributed by atoms with E-state index >= 15 is 0 Å².